The molecule has 5 heteroatoms. The van der Waals surface area contributed by atoms with Crippen molar-refractivity contribution in [1.82, 2.24) is 9.97 Å². The highest BCUT2D eigenvalue weighted by Gasteiger charge is 2.11. The Balaban J connectivity index is 2.60. The lowest BCUT2D eigenvalue weighted by Gasteiger charge is -2.09. The zero-order valence-corrected chi connectivity index (χ0v) is 12.2. The van der Waals surface area contributed by atoms with Gasteiger partial charge in [-0.25, -0.2) is 9.97 Å². The third kappa shape index (κ3) is 2.94. The van der Waals surface area contributed by atoms with Gasteiger partial charge in [-0.15, -0.1) is 0 Å². The summed E-state index contributed by atoms with van der Waals surface area (Å²) in [6.07, 6.45) is 0. The molecule has 2 nitrogen and oxygen atoms in total. The Labute approximate surface area is 121 Å². The minimum absolute atomic E-state index is 0.195. The summed E-state index contributed by atoms with van der Waals surface area (Å²) in [5.41, 5.74) is 1.45. The van der Waals surface area contributed by atoms with Crippen LogP contribution in [-0.2, 0) is 0 Å². The van der Waals surface area contributed by atoms with Gasteiger partial charge in [0.15, 0.2) is 0 Å². The SMILES string of the molecule is CC(C)c1nc(Cl)cc(-c2cc(Cl)ccc2Cl)n1. The largest absolute Gasteiger partial charge is 0.232 e. The van der Waals surface area contributed by atoms with E-state index in [1.807, 2.05) is 13.8 Å². The summed E-state index contributed by atoms with van der Waals surface area (Å²) in [4.78, 5) is 8.66. The average Bonchev–Trinajstić information content (AvgIpc) is 2.31. The van der Waals surface area contributed by atoms with Crippen molar-refractivity contribution < 1.29 is 0 Å². The molecule has 0 radical (unpaired) electrons. The Hall–Kier alpha value is -0.830. The molecule has 0 aliphatic heterocycles. The maximum Gasteiger partial charge on any atom is 0.133 e. The van der Waals surface area contributed by atoms with Gasteiger partial charge in [-0.2, -0.15) is 0 Å². The molecular formula is C13H11Cl3N2. The van der Waals surface area contributed by atoms with Crippen molar-refractivity contribution in [3.63, 3.8) is 0 Å². The second kappa shape index (κ2) is 5.43. The normalized spacial score (nSPS) is 11.0. The second-order valence-corrected chi connectivity index (χ2v) is 5.44. The van der Waals surface area contributed by atoms with Gasteiger partial charge in [0.25, 0.3) is 0 Å². The first-order chi connectivity index (χ1) is 8.47. The number of hydrogen-bond donors (Lipinski definition) is 0. The zero-order chi connectivity index (χ0) is 13.3. The molecule has 1 aromatic heterocycles. The molecule has 2 rings (SSSR count). The van der Waals surface area contributed by atoms with Crippen LogP contribution in [0.15, 0.2) is 24.3 Å². The lowest BCUT2D eigenvalue weighted by molar-refractivity contribution is 0.776. The average molecular weight is 302 g/mol. The van der Waals surface area contributed by atoms with Gasteiger partial charge in [0.05, 0.1) is 10.7 Å². The number of aromatic nitrogens is 2. The van der Waals surface area contributed by atoms with Crippen molar-refractivity contribution in [3.05, 3.63) is 45.3 Å². The summed E-state index contributed by atoms with van der Waals surface area (Å²) >= 11 is 18.1. The molecule has 0 spiro atoms. The van der Waals surface area contributed by atoms with Crippen molar-refractivity contribution in [2.24, 2.45) is 0 Å². The number of halogens is 3. The zero-order valence-electron chi connectivity index (χ0n) is 9.92. The maximum absolute atomic E-state index is 6.15. The van der Waals surface area contributed by atoms with E-state index in [2.05, 4.69) is 9.97 Å². The van der Waals surface area contributed by atoms with Gasteiger partial charge < -0.3 is 0 Å². The van der Waals surface area contributed by atoms with E-state index in [9.17, 15) is 0 Å². The van der Waals surface area contributed by atoms with Crippen molar-refractivity contribution in [3.8, 4) is 11.3 Å². The van der Waals surface area contributed by atoms with Gasteiger partial charge in [0.2, 0.25) is 0 Å². The van der Waals surface area contributed by atoms with Crippen LogP contribution in [0, 0.1) is 0 Å². The molecule has 0 N–H and O–H groups in total. The summed E-state index contributed by atoms with van der Waals surface area (Å²) < 4.78 is 0. The molecule has 0 fully saturated rings. The van der Waals surface area contributed by atoms with Gasteiger partial charge in [-0.3, -0.25) is 0 Å². The molecule has 94 valence electrons. The number of benzene rings is 1. The highest BCUT2D eigenvalue weighted by molar-refractivity contribution is 6.35. The Morgan fingerprint density at radius 1 is 1.00 bits per heavy atom. The van der Waals surface area contributed by atoms with Gasteiger partial charge >= 0.3 is 0 Å². The monoisotopic (exact) mass is 300 g/mol. The topological polar surface area (TPSA) is 25.8 Å². The summed E-state index contributed by atoms with van der Waals surface area (Å²) in [7, 11) is 0. The van der Waals surface area contributed by atoms with Gasteiger partial charge in [-0.05, 0) is 18.2 Å². The quantitative estimate of drug-likeness (QED) is 0.710. The van der Waals surface area contributed by atoms with E-state index in [1.54, 1.807) is 24.3 Å². The van der Waals surface area contributed by atoms with Crippen molar-refractivity contribution in [1.29, 1.82) is 0 Å². The minimum Gasteiger partial charge on any atom is -0.232 e. The van der Waals surface area contributed by atoms with E-state index < -0.39 is 0 Å². The second-order valence-electron chi connectivity index (χ2n) is 4.21. The summed E-state index contributed by atoms with van der Waals surface area (Å²) in [6.45, 7) is 4.02. The van der Waals surface area contributed by atoms with Crippen LogP contribution in [-0.4, -0.2) is 9.97 Å². The Morgan fingerprint density at radius 3 is 2.39 bits per heavy atom. The first-order valence-corrected chi connectivity index (χ1v) is 6.60. The standard InChI is InChI=1S/C13H11Cl3N2/c1-7(2)13-17-11(6-12(16)18-13)9-5-8(14)3-4-10(9)15/h3-7H,1-2H3. The number of nitrogens with zero attached hydrogens (tertiary/aromatic N) is 2. The van der Waals surface area contributed by atoms with Crippen LogP contribution in [0.5, 0.6) is 0 Å². The van der Waals surface area contributed by atoms with Gasteiger partial charge in [0, 0.05) is 22.6 Å². The van der Waals surface area contributed by atoms with Crippen LogP contribution in [0.4, 0.5) is 0 Å². The molecular weight excluding hydrogens is 291 g/mol. The van der Waals surface area contributed by atoms with Crippen LogP contribution in [0.25, 0.3) is 11.3 Å². The molecule has 18 heavy (non-hydrogen) atoms. The summed E-state index contributed by atoms with van der Waals surface area (Å²) in [5.74, 6) is 0.883. The Bertz CT molecular complexity index is 582. The van der Waals surface area contributed by atoms with Gasteiger partial charge in [-0.1, -0.05) is 48.7 Å². The predicted molar refractivity (Wildman–Crippen MR) is 76.6 cm³/mol. The summed E-state index contributed by atoms with van der Waals surface area (Å²) in [5, 5.41) is 1.60. The van der Waals surface area contributed by atoms with Crippen molar-refractivity contribution in [2.45, 2.75) is 19.8 Å². The number of hydrogen-bond acceptors (Lipinski definition) is 2. The maximum atomic E-state index is 6.15. The fourth-order valence-corrected chi connectivity index (χ4v) is 2.10. The van der Waals surface area contributed by atoms with Crippen LogP contribution in [0.2, 0.25) is 15.2 Å². The van der Waals surface area contributed by atoms with Crippen molar-refractivity contribution >= 4 is 34.8 Å². The smallest absolute Gasteiger partial charge is 0.133 e. The molecule has 0 bridgehead atoms. The summed E-state index contributed by atoms with van der Waals surface area (Å²) in [6, 6.07) is 6.93. The Morgan fingerprint density at radius 2 is 1.72 bits per heavy atom. The van der Waals surface area contributed by atoms with E-state index in [0.717, 1.165) is 5.56 Å². The predicted octanol–water partition coefficient (Wildman–Crippen LogP) is 5.23. The highest BCUT2D eigenvalue weighted by Crippen LogP contribution is 2.31. The first-order valence-electron chi connectivity index (χ1n) is 5.47. The molecule has 0 unspecified atom stereocenters. The Kier molecular flexibility index (Phi) is 4.10. The third-order valence-electron chi connectivity index (χ3n) is 2.43. The van der Waals surface area contributed by atoms with E-state index in [1.165, 1.54) is 0 Å². The van der Waals surface area contributed by atoms with E-state index in [-0.39, 0.29) is 5.92 Å². The molecule has 1 heterocycles. The molecule has 0 saturated heterocycles. The molecule has 0 saturated carbocycles. The van der Waals surface area contributed by atoms with E-state index in [0.29, 0.717) is 26.7 Å². The lowest BCUT2D eigenvalue weighted by Crippen LogP contribution is -1.99. The molecule has 1 aromatic carbocycles. The van der Waals surface area contributed by atoms with Crippen LogP contribution in [0.1, 0.15) is 25.6 Å². The van der Waals surface area contributed by atoms with Gasteiger partial charge in [0.1, 0.15) is 11.0 Å². The highest BCUT2D eigenvalue weighted by atomic mass is 35.5. The number of rotatable bonds is 2. The lowest BCUT2D eigenvalue weighted by atomic mass is 10.1. The fraction of sp³-hybridized carbons (Fsp3) is 0.231. The van der Waals surface area contributed by atoms with E-state index in [4.69, 9.17) is 34.8 Å². The molecule has 2 aromatic rings. The van der Waals surface area contributed by atoms with Crippen LogP contribution in [0.3, 0.4) is 0 Å². The van der Waals surface area contributed by atoms with Crippen LogP contribution < -0.4 is 0 Å². The van der Waals surface area contributed by atoms with Crippen molar-refractivity contribution in [2.75, 3.05) is 0 Å². The van der Waals surface area contributed by atoms with Crippen LogP contribution >= 0.6 is 34.8 Å². The molecule has 0 atom stereocenters. The molecule has 0 aliphatic rings. The fourth-order valence-electron chi connectivity index (χ4n) is 1.53. The molecule has 0 amide bonds. The molecule has 0 aliphatic carbocycles. The third-order valence-corrected chi connectivity index (χ3v) is 3.19. The minimum atomic E-state index is 0.195. The first kappa shape index (κ1) is 13.6. The van der Waals surface area contributed by atoms with E-state index >= 15 is 0 Å².